The van der Waals surface area contributed by atoms with E-state index < -0.39 is 0 Å². The minimum atomic E-state index is 0.765. The van der Waals surface area contributed by atoms with E-state index in [1.54, 1.807) is 0 Å². The van der Waals surface area contributed by atoms with Gasteiger partial charge in [0.15, 0.2) is 0 Å². The summed E-state index contributed by atoms with van der Waals surface area (Å²) in [5, 5.41) is 0. The van der Waals surface area contributed by atoms with E-state index in [0.29, 0.717) is 0 Å². The van der Waals surface area contributed by atoms with Gasteiger partial charge in [0.05, 0.1) is 0 Å². The topological polar surface area (TPSA) is 0 Å². The van der Waals surface area contributed by atoms with Crippen molar-refractivity contribution in [1.82, 2.24) is 0 Å². The summed E-state index contributed by atoms with van der Waals surface area (Å²) in [6.45, 7) is 8.62. The van der Waals surface area contributed by atoms with E-state index in [2.05, 4.69) is 19.8 Å². The lowest BCUT2D eigenvalue weighted by Gasteiger charge is -2.32. The predicted molar refractivity (Wildman–Crippen MR) is 71.5 cm³/mol. The molecule has 2 atom stereocenters. The summed E-state index contributed by atoms with van der Waals surface area (Å²) in [7, 11) is 3.99. The molecule has 0 aliphatic carbocycles. The minimum absolute atomic E-state index is 0.765. The van der Waals surface area contributed by atoms with Gasteiger partial charge in [-0.1, -0.05) is 49.3 Å². The first kappa shape index (κ1) is 14.3. The minimum Gasteiger partial charge on any atom is -0.120 e. The first-order valence-corrected chi connectivity index (χ1v) is 7.92. The maximum Gasteiger partial charge on any atom is 0.0126 e. The van der Waals surface area contributed by atoms with E-state index >= 15 is 0 Å². The fourth-order valence-corrected chi connectivity index (χ4v) is 4.74. The Hall–Kier alpha value is 0.260. The highest BCUT2D eigenvalue weighted by Gasteiger charge is 2.27. The Bertz CT molecular complexity index is 170. The van der Waals surface area contributed by atoms with Crippen LogP contribution in [0.5, 0.6) is 0 Å². The summed E-state index contributed by atoms with van der Waals surface area (Å²) >= 11 is 0. The number of hydrogen-bond donors (Lipinski definition) is 0. The molecule has 0 bridgehead atoms. The third kappa shape index (κ3) is 4.66. The highest BCUT2D eigenvalue weighted by Crippen LogP contribution is 2.40. The summed E-state index contributed by atoms with van der Waals surface area (Å²) < 4.78 is 0. The third-order valence-corrected chi connectivity index (χ3v) is 5.04. The smallest absolute Gasteiger partial charge is 0.0126 e. The molecule has 0 aromatic carbocycles. The van der Waals surface area contributed by atoms with E-state index in [1.165, 1.54) is 11.5 Å². The van der Waals surface area contributed by atoms with Gasteiger partial charge < -0.3 is 0 Å². The van der Waals surface area contributed by atoms with Gasteiger partial charge in [-0.05, 0) is 17.8 Å². The molecule has 0 aromatic rings. The monoisotopic (exact) mass is 230 g/mol. The molecule has 1 saturated heterocycles. The Kier molecular flexibility index (Phi) is 8.72. The molecule has 1 aliphatic rings. The van der Waals surface area contributed by atoms with Crippen LogP contribution in [-0.2, 0) is 0 Å². The second kappa shape index (κ2) is 8.56. The Morgan fingerprint density at radius 1 is 1.29 bits per heavy atom. The van der Waals surface area contributed by atoms with Crippen molar-refractivity contribution in [3.05, 3.63) is 0 Å². The van der Waals surface area contributed by atoms with Gasteiger partial charge in [0.1, 0.15) is 0 Å². The maximum atomic E-state index is 5.36. The standard InChI is InChI=1S/C10H16S2.C2H6/c1-4-5-9-6-11-12-7-10(9)8(2)3;1-2/h1,8-10H,5-7H2,2-3H3;1-2H3. The highest BCUT2D eigenvalue weighted by atomic mass is 33.1. The molecule has 2 heteroatoms. The normalized spacial score (nSPS) is 26.3. The van der Waals surface area contributed by atoms with Crippen LogP contribution in [0, 0.1) is 30.1 Å². The molecule has 0 radical (unpaired) electrons. The van der Waals surface area contributed by atoms with Crippen LogP contribution in [-0.4, -0.2) is 11.5 Å². The Labute approximate surface area is 97.4 Å². The molecule has 1 rings (SSSR count). The summed E-state index contributed by atoms with van der Waals surface area (Å²) in [4.78, 5) is 0. The van der Waals surface area contributed by atoms with Crippen LogP contribution in [0.15, 0.2) is 0 Å². The first-order chi connectivity index (χ1) is 6.75. The lowest BCUT2D eigenvalue weighted by Crippen LogP contribution is -2.26. The summed E-state index contributed by atoms with van der Waals surface area (Å²) in [5.74, 6) is 7.73. The zero-order valence-corrected chi connectivity index (χ0v) is 11.4. The summed E-state index contributed by atoms with van der Waals surface area (Å²) in [6.07, 6.45) is 6.32. The molecule has 0 N–H and O–H groups in total. The van der Waals surface area contributed by atoms with Crippen molar-refractivity contribution < 1.29 is 0 Å². The molecule has 1 aliphatic heterocycles. The second-order valence-corrected chi connectivity index (χ2v) is 6.20. The molecular formula is C12H22S2. The number of rotatable bonds is 2. The average Bonchev–Trinajstić information content (AvgIpc) is 2.22. The predicted octanol–water partition coefficient (Wildman–Crippen LogP) is 4.32. The van der Waals surface area contributed by atoms with Crippen LogP contribution in [0.3, 0.4) is 0 Å². The van der Waals surface area contributed by atoms with Gasteiger partial charge in [-0.3, -0.25) is 0 Å². The average molecular weight is 230 g/mol. The van der Waals surface area contributed by atoms with Gasteiger partial charge in [-0.25, -0.2) is 0 Å². The fraction of sp³-hybridized carbons (Fsp3) is 0.833. The molecule has 0 aromatic heterocycles. The van der Waals surface area contributed by atoms with Crippen LogP contribution in [0.1, 0.15) is 34.1 Å². The summed E-state index contributed by atoms with van der Waals surface area (Å²) in [5.41, 5.74) is 0. The van der Waals surface area contributed by atoms with Gasteiger partial charge in [-0.15, -0.1) is 12.3 Å². The highest BCUT2D eigenvalue weighted by molar-refractivity contribution is 8.76. The summed E-state index contributed by atoms with van der Waals surface area (Å²) in [6, 6.07) is 0. The van der Waals surface area contributed by atoms with Crippen LogP contribution in [0.4, 0.5) is 0 Å². The first-order valence-electron chi connectivity index (χ1n) is 5.43. The molecule has 1 fully saturated rings. The van der Waals surface area contributed by atoms with E-state index in [1.807, 2.05) is 35.4 Å². The zero-order chi connectivity index (χ0) is 11.0. The lowest BCUT2D eigenvalue weighted by atomic mass is 9.84. The second-order valence-electron chi connectivity index (χ2n) is 3.65. The molecule has 82 valence electrons. The molecule has 0 nitrogen and oxygen atoms in total. The largest absolute Gasteiger partial charge is 0.120 e. The van der Waals surface area contributed by atoms with Gasteiger partial charge in [-0.2, -0.15) is 0 Å². The van der Waals surface area contributed by atoms with Gasteiger partial charge in [0.2, 0.25) is 0 Å². The molecular weight excluding hydrogens is 208 g/mol. The quantitative estimate of drug-likeness (QED) is 0.512. The van der Waals surface area contributed by atoms with E-state index in [4.69, 9.17) is 6.42 Å². The molecule has 2 unspecified atom stereocenters. The van der Waals surface area contributed by atoms with Crippen LogP contribution < -0.4 is 0 Å². The lowest BCUT2D eigenvalue weighted by molar-refractivity contribution is 0.311. The molecule has 14 heavy (non-hydrogen) atoms. The van der Waals surface area contributed by atoms with Crippen molar-refractivity contribution in [3.8, 4) is 12.3 Å². The van der Waals surface area contributed by atoms with Crippen molar-refractivity contribution in [2.75, 3.05) is 11.5 Å². The molecule has 0 saturated carbocycles. The molecule has 0 amide bonds. The van der Waals surface area contributed by atoms with Crippen molar-refractivity contribution >= 4 is 21.6 Å². The molecule has 0 spiro atoms. The van der Waals surface area contributed by atoms with Crippen molar-refractivity contribution in [2.45, 2.75) is 34.1 Å². The van der Waals surface area contributed by atoms with Gasteiger partial charge in [0.25, 0.3) is 0 Å². The third-order valence-electron chi connectivity index (χ3n) is 2.47. The van der Waals surface area contributed by atoms with Crippen molar-refractivity contribution in [3.63, 3.8) is 0 Å². The van der Waals surface area contributed by atoms with Gasteiger partial charge in [0, 0.05) is 17.9 Å². The van der Waals surface area contributed by atoms with Crippen molar-refractivity contribution in [2.24, 2.45) is 17.8 Å². The van der Waals surface area contributed by atoms with Crippen LogP contribution in [0.25, 0.3) is 0 Å². The van der Waals surface area contributed by atoms with E-state index in [0.717, 1.165) is 24.2 Å². The van der Waals surface area contributed by atoms with E-state index in [9.17, 15) is 0 Å². The Balaban J connectivity index is 0.000000791. The maximum absolute atomic E-state index is 5.36. The Morgan fingerprint density at radius 3 is 2.36 bits per heavy atom. The van der Waals surface area contributed by atoms with Crippen LogP contribution in [0.2, 0.25) is 0 Å². The Morgan fingerprint density at radius 2 is 1.86 bits per heavy atom. The number of terminal acetylenes is 1. The SMILES string of the molecule is C#CCC1CSSCC1C(C)C.CC. The fourth-order valence-electron chi connectivity index (χ4n) is 1.62. The molecule has 1 heterocycles. The van der Waals surface area contributed by atoms with E-state index in [-0.39, 0.29) is 0 Å². The van der Waals surface area contributed by atoms with Gasteiger partial charge >= 0.3 is 0 Å². The van der Waals surface area contributed by atoms with Crippen LogP contribution >= 0.6 is 21.6 Å². The number of hydrogen-bond acceptors (Lipinski definition) is 2. The zero-order valence-electron chi connectivity index (χ0n) is 9.75. The van der Waals surface area contributed by atoms with Crippen molar-refractivity contribution in [1.29, 1.82) is 0 Å².